The maximum absolute atomic E-state index is 12.8. The number of carbonyl (C=O) groups excluding carboxylic acids is 2. The van der Waals surface area contributed by atoms with Crippen molar-refractivity contribution in [1.29, 1.82) is 0 Å². The zero-order chi connectivity index (χ0) is 18.4. The van der Waals surface area contributed by atoms with Crippen LogP contribution in [-0.4, -0.2) is 39.4 Å². The molecule has 1 heterocycles. The van der Waals surface area contributed by atoms with Gasteiger partial charge in [-0.1, -0.05) is 26.0 Å². The van der Waals surface area contributed by atoms with Crippen LogP contribution in [0.2, 0.25) is 0 Å². The molecule has 2 aromatic rings. The van der Waals surface area contributed by atoms with Crippen molar-refractivity contribution in [3.05, 3.63) is 30.1 Å². The van der Waals surface area contributed by atoms with Gasteiger partial charge in [0, 0.05) is 20.0 Å². The summed E-state index contributed by atoms with van der Waals surface area (Å²) in [4.78, 5) is 30.8. The van der Waals surface area contributed by atoms with Crippen LogP contribution in [-0.2, 0) is 16.1 Å². The Bertz CT molecular complexity index is 732. The van der Waals surface area contributed by atoms with Crippen molar-refractivity contribution in [1.82, 2.24) is 19.8 Å². The minimum atomic E-state index is -0.261. The molecule has 0 bridgehead atoms. The second kappa shape index (κ2) is 8.65. The van der Waals surface area contributed by atoms with Crippen LogP contribution in [0.3, 0.4) is 0 Å². The molecule has 2 rings (SSSR count). The van der Waals surface area contributed by atoms with Gasteiger partial charge in [0.2, 0.25) is 11.8 Å². The fourth-order valence-electron chi connectivity index (χ4n) is 3.10. The number of nitrogens with one attached hydrogen (secondary N) is 1. The predicted octanol–water partition coefficient (Wildman–Crippen LogP) is 2.88. The lowest BCUT2D eigenvalue weighted by atomic mass is 10.3. The van der Waals surface area contributed by atoms with Crippen LogP contribution in [0.1, 0.15) is 52.4 Å². The molecule has 0 aliphatic rings. The lowest BCUT2D eigenvalue weighted by Gasteiger charge is -2.23. The maximum Gasteiger partial charge on any atom is 0.242 e. The van der Waals surface area contributed by atoms with Crippen molar-refractivity contribution in [2.24, 2.45) is 0 Å². The second-order valence-electron chi connectivity index (χ2n) is 6.35. The van der Waals surface area contributed by atoms with Gasteiger partial charge in [0.1, 0.15) is 12.4 Å². The summed E-state index contributed by atoms with van der Waals surface area (Å²) in [7, 11) is 0. The highest BCUT2D eigenvalue weighted by Crippen LogP contribution is 2.21. The third-order valence-electron chi connectivity index (χ3n) is 4.12. The number of para-hydroxylation sites is 2. The van der Waals surface area contributed by atoms with Gasteiger partial charge >= 0.3 is 0 Å². The van der Waals surface area contributed by atoms with E-state index in [-0.39, 0.29) is 24.4 Å². The highest BCUT2D eigenvalue weighted by molar-refractivity contribution is 5.81. The molecule has 25 heavy (non-hydrogen) atoms. The summed E-state index contributed by atoms with van der Waals surface area (Å²) in [6.45, 7) is 9.28. The molecule has 6 nitrogen and oxygen atoms in total. The standard InChI is InChI=1S/C19H28N4O2/c1-5-11-22(12-6-2)18(25)13-23-17-10-8-7-9-16(17)21-19(23)14(3)20-15(4)24/h7-10,14H,5-6,11-13H2,1-4H3,(H,20,24). The number of rotatable bonds is 8. The van der Waals surface area contributed by atoms with Crippen LogP contribution in [0.25, 0.3) is 11.0 Å². The smallest absolute Gasteiger partial charge is 0.242 e. The zero-order valence-electron chi connectivity index (χ0n) is 15.6. The van der Waals surface area contributed by atoms with Crippen molar-refractivity contribution in [2.75, 3.05) is 13.1 Å². The van der Waals surface area contributed by atoms with Crippen LogP contribution in [0, 0.1) is 0 Å². The third-order valence-corrected chi connectivity index (χ3v) is 4.12. The fraction of sp³-hybridized carbons (Fsp3) is 0.526. The lowest BCUT2D eigenvalue weighted by molar-refractivity contribution is -0.131. The Kier molecular flexibility index (Phi) is 6.56. The van der Waals surface area contributed by atoms with Gasteiger partial charge in [-0.05, 0) is 31.9 Å². The molecule has 1 atom stereocenters. The number of imidazole rings is 1. The second-order valence-corrected chi connectivity index (χ2v) is 6.35. The van der Waals surface area contributed by atoms with Crippen molar-refractivity contribution in [3.63, 3.8) is 0 Å². The largest absolute Gasteiger partial charge is 0.347 e. The topological polar surface area (TPSA) is 67.2 Å². The first-order chi connectivity index (χ1) is 12.0. The molecule has 0 aliphatic heterocycles. The molecule has 6 heteroatoms. The number of carbonyl (C=O) groups is 2. The molecule has 0 spiro atoms. The first-order valence-corrected chi connectivity index (χ1v) is 8.97. The summed E-state index contributed by atoms with van der Waals surface area (Å²) in [5.74, 6) is 0.678. The van der Waals surface area contributed by atoms with Crippen LogP contribution in [0.5, 0.6) is 0 Å². The first kappa shape index (κ1) is 19.0. The maximum atomic E-state index is 12.8. The molecule has 1 N–H and O–H groups in total. The van der Waals surface area contributed by atoms with Gasteiger partial charge in [0.15, 0.2) is 0 Å². The number of fused-ring (bicyclic) bond motifs is 1. The van der Waals surface area contributed by atoms with Crippen LogP contribution >= 0.6 is 0 Å². The number of amides is 2. The Morgan fingerprint density at radius 1 is 1.20 bits per heavy atom. The molecular formula is C19H28N4O2. The van der Waals surface area contributed by atoms with E-state index in [1.54, 1.807) is 0 Å². The summed E-state index contributed by atoms with van der Waals surface area (Å²) in [5.41, 5.74) is 1.75. The monoisotopic (exact) mass is 344 g/mol. The van der Waals surface area contributed by atoms with E-state index in [1.807, 2.05) is 40.7 Å². The van der Waals surface area contributed by atoms with E-state index in [2.05, 4.69) is 24.1 Å². The van der Waals surface area contributed by atoms with E-state index in [0.29, 0.717) is 5.82 Å². The highest BCUT2D eigenvalue weighted by Gasteiger charge is 2.21. The first-order valence-electron chi connectivity index (χ1n) is 8.97. The minimum absolute atomic E-state index is 0.0862. The predicted molar refractivity (Wildman–Crippen MR) is 99.1 cm³/mol. The quantitative estimate of drug-likeness (QED) is 0.801. The molecule has 0 saturated carbocycles. The molecule has 0 radical (unpaired) electrons. The van der Waals surface area contributed by atoms with Gasteiger partial charge < -0.3 is 14.8 Å². The van der Waals surface area contributed by atoms with Gasteiger partial charge in [-0.25, -0.2) is 4.98 Å². The van der Waals surface area contributed by atoms with Gasteiger partial charge in [-0.15, -0.1) is 0 Å². The summed E-state index contributed by atoms with van der Waals surface area (Å²) in [5, 5.41) is 2.87. The highest BCUT2D eigenvalue weighted by atomic mass is 16.2. The van der Waals surface area contributed by atoms with E-state index in [1.165, 1.54) is 6.92 Å². The molecule has 0 fully saturated rings. The summed E-state index contributed by atoms with van der Waals surface area (Å²) in [6, 6.07) is 7.49. The van der Waals surface area contributed by atoms with Gasteiger partial charge in [0.25, 0.3) is 0 Å². The number of benzene rings is 1. The molecule has 1 aromatic heterocycles. The van der Waals surface area contributed by atoms with E-state index < -0.39 is 0 Å². The Balaban J connectivity index is 2.37. The fourth-order valence-corrected chi connectivity index (χ4v) is 3.10. The Hall–Kier alpha value is -2.37. The van der Waals surface area contributed by atoms with Crippen molar-refractivity contribution in [3.8, 4) is 0 Å². The van der Waals surface area contributed by atoms with Crippen molar-refractivity contribution < 1.29 is 9.59 Å². The number of hydrogen-bond donors (Lipinski definition) is 1. The van der Waals surface area contributed by atoms with Crippen LogP contribution in [0.15, 0.2) is 24.3 Å². The molecule has 0 saturated heterocycles. The van der Waals surface area contributed by atoms with E-state index in [4.69, 9.17) is 0 Å². The van der Waals surface area contributed by atoms with E-state index in [9.17, 15) is 9.59 Å². The summed E-state index contributed by atoms with van der Waals surface area (Å²) >= 11 is 0. The number of nitrogens with zero attached hydrogens (tertiary/aromatic N) is 3. The number of aromatic nitrogens is 2. The Labute approximate surface area is 149 Å². The van der Waals surface area contributed by atoms with Crippen molar-refractivity contribution in [2.45, 2.75) is 53.1 Å². The average Bonchev–Trinajstić information content (AvgIpc) is 2.93. The van der Waals surface area contributed by atoms with E-state index >= 15 is 0 Å². The molecular weight excluding hydrogens is 316 g/mol. The van der Waals surface area contributed by atoms with Gasteiger partial charge in [0.05, 0.1) is 17.1 Å². The lowest BCUT2D eigenvalue weighted by Crippen LogP contribution is -2.36. The SMILES string of the molecule is CCCN(CCC)C(=O)Cn1c(C(C)NC(C)=O)nc2ccccc21. The Morgan fingerprint density at radius 3 is 2.44 bits per heavy atom. The normalized spacial score (nSPS) is 12.2. The molecule has 1 aromatic carbocycles. The zero-order valence-corrected chi connectivity index (χ0v) is 15.6. The van der Waals surface area contributed by atoms with Crippen LogP contribution < -0.4 is 5.32 Å². The molecule has 1 unspecified atom stereocenters. The van der Waals surface area contributed by atoms with Gasteiger partial charge in [-0.2, -0.15) is 0 Å². The molecule has 2 amide bonds. The summed E-state index contributed by atoms with van der Waals surface area (Å²) < 4.78 is 1.93. The average molecular weight is 344 g/mol. The van der Waals surface area contributed by atoms with Crippen LogP contribution in [0.4, 0.5) is 0 Å². The van der Waals surface area contributed by atoms with Gasteiger partial charge in [-0.3, -0.25) is 9.59 Å². The third kappa shape index (κ3) is 4.59. The number of hydrogen-bond acceptors (Lipinski definition) is 3. The molecule has 136 valence electrons. The van der Waals surface area contributed by atoms with Crippen molar-refractivity contribution >= 4 is 22.8 Å². The minimum Gasteiger partial charge on any atom is -0.347 e. The Morgan fingerprint density at radius 2 is 1.84 bits per heavy atom. The van der Waals surface area contributed by atoms with E-state index in [0.717, 1.165) is 37.0 Å². The summed E-state index contributed by atoms with van der Waals surface area (Å²) in [6.07, 6.45) is 1.87. The molecule has 0 aliphatic carbocycles.